The van der Waals surface area contributed by atoms with Crippen LogP contribution in [-0.2, 0) is 0 Å². The third-order valence-corrected chi connectivity index (χ3v) is 4.55. The highest BCUT2D eigenvalue weighted by molar-refractivity contribution is 6.30. The van der Waals surface area contributed by atoms with Crippen molar-refractivity contribution in [2.75, 3.05) is 0 Å². The van der Waals surface area contributed by atoms with Gasteiger partial charge in [-0.05, 0) is 55.2 Å². The number of nitrogens with one attached hydrogen (secondary N) is 1. The molecule has 0 spiro atoms. The van der Waals surface area contributed by atoms with E-state index < -0.39 is 0 Å². The Balaban J connectivity index is 1.64. The van der Waals surface area contributed by atoms with Gasteiger partial charge in [0, 0.05) is 17.1 Å². The molecule has 1 aromatic carbocycles. The first-order chi connectivity index (χ1) is 8.78. The van der Waals surface area contributed by atoms with E-state index in [0.717, 1.165) is 22.9 Å². The predicted octanol–water partition coefficient (Wildman–Crippen LogP) is 4.57. The summed E-state index contributed by atoms with van der Waals surface area (Å²) in [4.78, 5) is 0. The molecule has 1 aromatic rings. The Hall–Kier alpha value is -0.530. The first-order valence-electron chi connectivity index (χ1n) is 7.29. The van der Waals surface area contributed by atoms with Gasteiger partial charge in [-0.25, -0.2) is 0 Å². The van der Waals surface area contributed by atoms with Gasteiger partial charge in [-0.15, -0.1) is 0 Å². The lowest BCUT2D eigenvalue weighted by atomic mass is 10.0. The topological polar surface area (TPSA) is 12.0 Å². The molecule has 0 aromatic heterocycles. The Kier molecular flexibility index (Phi) is 3.63. The molecule has 0 aliphatic heterocycles. The highest BCUT2D eigenvalue weighted by atomic mass is 35.5. The number of rotatable bonds is 6. The molecule has 2 fully saturated rings. The molecule has 18 heavy (non-hydrogen) atoms. The van der Waals surface area contributed by atoms with E-state index in [-0.39, 0.29) is 0 Å². The molecule has 0 amide bonds. The van der Waals surface area contributed by atoms with Gasteiger partial charge < -0.3 is 5.32 Å². The van der Waals surface area contributed by atoms with Crippen LogP contribution in [0.3, 0.4) is 0 Å². The van der Waals surface area contributed by atoms with Gasteiger partial charge in [0.2, 0.25) is 0 Å². The van der Waals surface area contributed by atoms with Crippen LogP contribution in [0, 0.1) is 11.8 Å². The highest BCUT2D eigenvalue weighted by Gasteiger charge is 2.41. The second-order valence-electron chi connectivity index (χ2n) is 5.92. The van der Waals surface area contributed by atoms with Gasteiger partial charge >= 0.3 is 0 Å². The van der Waals surface area contributed by atoms with E-state index in [1.54, 1.807) is 0 Å². The summed E-state index contributed by atoms with van der Waals surface area (Å²) in [5, 5.41) is 4.72. The average molecular weight is 264 g/mol. The summed E-state index contributed by atoms with van der Waals surface area (Å²) in [6, 6.07) is 9.75. The Morgan fingerprint density at radius 3 is 2.61 bits per heavy atom. The van der Waals surface area contributed by atoms with E-state index in [1.165, 1.54) is 37.7 Å². The maximum Gasteiger partial charge on any atom is 0.0406 e. The zero-order chi connectivity index (χ0) is 12.5. The monoisotopic (exact) mass is 263 g/mol. The lowest BCUT2D eigenvalue weighted by Gasteiger charge is -2.19. The molecule has 98 valence electrons. The van der Waals surface area contributed by atoms with Crippen molar-refractivity contribution in [3.05, 3.63) is 34.9 Å². The fraction of sp³-hybridized carbons (Fsp3) is 0.625. The zero-order valence-electron chi connectivity index (χ0n) is 11.0. The van der Waals surface area contributed by atoms with Crippen molar-refractivity contribution in [3.63, 3.8) is 0 Å². The van der Waals surface area contributed by atoms with Crippen molar-refractivity contribution in [3.8, 4) is 0 Å². The van der Waals surface area contributed by atoms with Gasteiger partial charge in [0.05, 0.1) is 0 Å². The van der Waals surface area contributed by atoms with Crippen molar-refractivity contribution in [2.24, 2.45) is 11.8 Å². The molecule has 0 bridgehead atoms. The van der Waals surface area contributed by atoms with Crippen LogP contribution >= 0.6 is 11.6 Å². The van der Waals surface area contributed by atoms with Crippen LogP contribution in [0.2, 0.25) is 5.02 Å². The van der Waals surface area contributed by atoms with Crippen LogP contribution in [0.4, 0.5) is 0 Å². The molecule has 0 heterocycles. The second kappa shape index (κ2) is 5.22. The normalized spacial score (nSPS) is 28.1. The number of hydrogen-bond acceptors (Lipinski definition) is 1. The molecule has 3 rings (SSSR count). The van der Waals surface area contributed by atoms with Crippen LogP contribution in [-0.4, -0.2) is 6.04 Å². The first kappa shape index (κ1) is 12.5. The summed E-state index contributed by atoms with van der Waals surface area (Å²) >= 11 is 5.97. The van der Waals surface area contributed by atoms with Gasteiger partial charge in [0.25, 0.3) is 0 Å². The average Bonchev–Trinajstić information content (AvgIpc) is 3.23. The van der Waals surface area contributed by atoms with Crippen LogP contribution < -0.4 is 5.32 Å². The van der Waals surface area contributed by atoms with Gasteiger partial charge in [-0.2, -0.15) is 0 Å². The minimum atomic E-state index is 0.564. The minimum Gasteiger partial charge on any atom is -0.307 e. The fourth-order valence-electron chi connectivity index (χ4n) is 2.98. The minimum absolute atomic E-state index is 0.564. The first-order valence-corrected chi connectivity index (χ1v) is 7.67. The molecule has 3 unspecified atom stereocenters. The lowest BCUT2D eigenvalue weighted by molar-refractivity contribution is 0.458. The molecule has 0 radical (unpaired) electrons. The third-order valence-electron chi connectivity index (χ3n) is 4.30. The maximum absolute atomic E-state index is 5.97. The standard InChI is InChI=1S/C16H22ClN/c1-2-3-13-10-15(13)18-16(11-4-5-11)12-6-8-14(17)9-7-12/h6-9,11,13,15-16,18H,2-5,10H2,1H3. The smallest absolute Gasteiger partial charge is 0.0406 e. The van der Waals surface area contributed by atoms with E-state index in [4.69, 9.17) is 11.6 Å². The van der Waals surface area contributed by atoms with E-state index in [2.05, 4.69) is 24.4 Å². The molecule has 2 aliphatic carbocycles. The molecule has 2 aliphatic rings. The Labute approximate surface area is 115 Å². The van der Waals surface area contributed by atoms with E-state index in [9.17, 15) is 0 Å². The van der Waals surface area contributed by atoms with Gasteiger partial charge in [0.15, 0.2) is 0 Å². The van der Waals surface area contributed by atoms with Crippen LogP contribution in [0.1, 0.15) is 50.6 Å². The maximum atomic E-state index is 5.97. The summed E-state index contributed by atoms with van der Waals surface area (Å²) in [6.45, 7) is 2.28. The van der Waals surface area contributed by atoms with Crippen molar-refractivity contribution in [2.45, 2.75) is 51.1 Å². The number of benzene rings is 1. The summed E-state index contributed by atoms with van der Waals surface area (Å²) in [5.41, 5.74) is 1.42. The molecule has 1 nitrogen and oxygen atoms in total. The summed E-state index contributed by atoms with van der Waals surface area (Å²) < 4.78 is 0. The molecule has 2 saturated carbocycles. The van der Waals surface area contributed by atoms with Crippen LogP contribution in [0.5, 0.6) is 0 Å². The SMILES string of the molecule is CCCC1CC1NC(c1ccc(Cl)cc1)C1CC1. The molecular weight excluding hydrogens is 242 g/mol. The molecule has 2 heteroatoms. The molecule has 1 N–H and O–H groups in total. The second-order valence-corrected chi connectivity index (χ2v) is 6.36. The predicted molar refractivity (Wildman–Crippen MR) is 76.9 cm³/mol. The van der Waals surface area contributed by atoms with Crippen molar-refractivity contribution in [1.29, 1.82) is 0 Å². The van der Waals surface area contributed by atoms with E-state index >= 15 is 0 Å². The van der Waals surface area contributed by atoms with Crippen molar-refractivity contribution in [1.82, 2.24) is 5.32 Å². The Morgan fingerprint density at radius 2 is 2.00 bits per heavy atom. The third kappa shape index (κ3) is 2.89. The quantitative estimate of drug-likeness (QED) is 0.793. The zero-order valence-corrected chi connectivity index (χ0v) is 11.8. The number of hydrogen-bond donors (Lipinski definition) is 1. The van der Waals surface area contributed by atoms with Gasteiger partial charge in [0.1, 0.15) is 0 Å². The summed E-state index contributed by atoms with van der Waals surface area (Å²) in [6.07, 6.45) is 6.84. The summed E-state index contributed by atoms with van der Waals surface area (Å²) in [7, 11) is 0. The summed E-state index contributed by atoms with van der Waals surface area (Å²) in [5.74, 6) is 1.79. The molecule has 0 saturated heterocycles. The molecular formula is C16H22ClN. The van der Waals surface area contributed by atoms with Crippen LogP contribution in [0.25, 0.3) is 0 Å². The largest absolute Gasteiger partial charge is 0.307 e. The lowest BCUT2D eigenvalue weighted by Crippen LogP contribution is -2.26. The molecule has 3 atom stereocenters. The van der Waals surface area contributed by atoms with Gasteiger partial charge in [-0.1, -0.05) is 37.1 Å². The van der Waals surface area contributed by atoms with E-state index in [0.29, 0.717) is 6.04 Å². The van der Waals surface area contributed by atoms with Crippen molar-refractivity contribution < 1.29 is 0 Å². The van der Waals surface area contributed by atoms with Gasteiger partial charge in [-0.3, -0.25) is 0 Å². The van der Waals surface area contributed by atoms with Crippen molar-refractivity contribution >= 4 is 11.6 Å². The van der Waals surface area contributed by atoms with Crippen LogP contribution in [0.15, 0.2) is 24.3 Å². The van der Waals surface area contributed by atoms with E-state index in [1.807, 2.05) is 12.1 Å². The highest BCUT2D eigenvalue weighted by Crippen LogP contribution is 2.44. The fourth-order valence-corrected chi connectivity index (χ4v) is 3.10. The Bertz CT molecular complexity index is 396. The Morgan fingerprint density at radius 1 is 1.28 bits per heavy atom. The number of halogens is 1.